The average molecular weight is 400 g/mol. The SMILES string of the molecule is CCC1CCC(CCc2ccc(C#Cc3ccc(OC(F)(F)F)cc3)cc2)CC1. The van der Waals surface area contributed by atoms with E-state index in [4.69, 9.17) is 0 Å². The van der Waals surface area contributed by atoms with Crippen LogP contribution in [0.25, 0.3) is 0 Å². The van der Waals surface area contributed by atoms with Crippen molar-refractivity contribution in [1.29, 1.82) is 0 Å². The molecule has 3 rings (SSSR count). The van der Waals surface area contributed by atoms with Crippen molar-refractivity contribution in [3.63, 3.8) is 0 Å². The van der Waals surface area contributed by atoms with E-state index < -0.39 is 6.36 Å². The second-order valence-corrected chi connectivity index (χ2v) is 7.85. The van der Waals surface area contributed by atoms with Crippen LogP contribution in [0.5, 0.6) is 5.75 Å². The summed E-state index contributed by atoms with van der Waals surface area (Å²) in [5.74, 6) is 7.60. The Hall–Kier alpha value is -2.41. The second kappa shape index (κ2) is 9.87. The summed E-state index contributed by atoms with van der Waals surface area (Å²) >= 11 is 0. The van der Waals surface area contributed by atoms with Crippen molar-refractivity contribution < 1.29 is 17.9 Å². The van der Waals surface area contributed by atoms with Crippen LogP contribution in [0.2, 0.25) is 0 Å². The maximum Gasteiger partial charge on any atom is 0.573 e. The highest BCUT2D eigenvalue weighted by Crippen LogP contribution is 2.33. The summed E-state index contributed by atoms with van der Waals surface area (Å²) in [5, 5.41) is 0. The number of benzene rings is 2. The van der Waals surface area contributed by atoms with Gasteiger partial charge in [0.2, 0.25) is 0 Å². The lowest BCUT2D eigenvalue weighted by Gasteiger charge is -2.27. The van der Waals surface area contributed by atoms with Gasteiger partial charge in [0.1, 0.15) is 5.75 Å². The molecule has 0 bridgehead atoms. The van der Waals surface area contributed by atoms with Crippen molar-refractivity contribution in [2.24, 2.45) is 11.8 Å². The molecule has 154 valence electrons. The number of hydrogen-bond donors (Lipinski definition) is 0. The number of aryl methyl sites for hydroxylation is 1. The van der Waals surface area contributed by atoms with Gasteiger partial charge in [0.15, 0.2) is 0 Å². The molecule has 0 radical (unpaired) electrons. The fourth-order valence-corrected chi connectivity index (χ4v) is 3.94. The average Bonchev–Trinajstić information content (AvgIpc) is 2.72. The lowest BCUT2D eigenvalue weighted by atomic mass is 9.78. The normalized spacial score (nSPS) is 19.3. The summed E-state index contributed by atoms with van der Waals surface area (Å²) in [6, 6.07) is 13.9. The van der Waals surface area contributed by atoms with Crippen LogP contribution in [0.3, 0.4) is 0 Å². The van der Waals surface area contributed by atoms with Crippen molar-refractivity contribution in [1.82, 2.24) is 0 Å². The van der Waals surface area contributed by atoms with Crippen LogP contribution in [-0.4, -0.2) is 6.36 Å². The van der Waals surface area contributed by atoms with Crippen LogP contribution < -0.4 is 4.74 Å². The first kappa shape index (κ1) is 21.3. The molecule has 1 aliphatic carbocycles. The van der Waals surface area contributed by atoms with Crippen LogP contribution >= 0.6 is 0 Å². The molecule has 0 aromatic heterocycles. The third-order valence-corrected chi connectivity index (χ3v) is 5.78. The topological polar surface area (TPSA) is 9.23 Å². The maximum absolute atomic E-state index is 12.2. The molecule has 29 heavy (non-hydrogen) atoms. The van der Waals surface area contributed by atoms with Crippen LogP contribution in [0.1, 0.15) is 62.1 Å². The van der Waals surface area contributed by atoms with Gasteiger partial charge >= 0.3 is 6.36 Å². The maximum atomic E-state index is 12.2. The van der Waals surface area contributed by atoms with Crippen molar-refractivity contribution in [3.05, 3.63) is 65.2 Å². The molecule has 0 N–H and O–H groups in total. The molecule has 1 nitrogen and oxygen atoms in total. The van der Waals surface area contributed by atoms with E-state index in [0.29, 0.717) is 5.56 Å². The zero-order valence-electron chi connectivity index (χ0n) is 16.8. The van der Waals surface area contributed by atoms with E-state index in [-0.39, 0.29) is 5.75 Å². The first-order valence-corrected chi connectivity index (χ1v) is 10.4. The fourth-order valence-electron chi connectivity index (χ4n) is 3.94. The Morgan fingerprint density at radius 1 is 0.828 bits per heavy atom. The van der Waals surface area contributed by atoms with Gasteiger partial charge in [0.05, 0.1) is 0 Å². The van der Waals surface area contributed by atoms with E-state index in [0.717, 1.165) is 23.8 Å². The van der Waals surface area contributed by atoms with E-state index in [9.17, 15) is 13.2 Å². The highest BCUT2D eigenvalue weighted by Gasteiger charge is 2.30. The zero-order valence-corrected chi connectivity index (χ0v) is 16.8. The molecular weight excluding hydrogens is 373 g/mol. The Bertz CT molecular complexity index is 818. The van der Waals surface area contributed by atoms with E-state index in [1.54, 1.807) is 0 Å². The minimum absolute atomic E-state index is 0.240. The summed E-state index contributed by atoms with van der Waals surface area (Å²) < 4.78 is 40.4. The number of halogens is 3. The van der Waals surface area contributed by atoms with Gasteiger partial charge in [-0.1, -0.05) is 63.0 Å². The molecule has 2 aromatic rings. The van der Waals surface area contributed by atoms with Gasteiger partial charge in [-0.3, -0.25) is 0 Å². The summed E-state index contributed by atoms with van der Waals surface area (Å²) in [7, 11) is 0. The standard InChI is InChI=1S/C25H27F3O/c1-2-19-3-5-20(6-4-19)7-8-21-9-11-22(12-10-21)13-14-23-15-17-24(18-16-23)29-25(26,27)28/h9-12,15-20H,2-8H2,1H3. The van der Waals surface area contributed by atoms with E-state index in [1.165, 1.54) is 68.4 Å². The summed E-state index contributed by atoms with van der Waals surface area (Å²) in [6.07, 6.45) is 4.52. The van der Waals surface area contributed by atoms with E-state index in [2.05, 4.69) is 35.6 Å². The molecule has 4 heteroatoms. The minimum atomic E-state index is -4.68. The Kier molecular flexibility index (Phi) is 7.25. The van der Waals surface area contributed by atoms with Crippen LogP contribution in [0.4, 0.5) is 13.2 Å². The van der Waals surface area contributed by atoms with Gasteiger partial charge in [0.25, 0.3) is 0 Å². The molecule has 1 fully saturated rings. The van der Waals surface area contributed by atoms with Crippen LogP contribution in [0, 0.1) is 23.7 Å². The number of alkyl halides is 3. The number of hydrogen-bond acceptors (Lipinski definition) is 1. The molecule has 0 heterocycles. The molecule has 0 amide bonds. The lowest BCUT2D eigenvalue weighted by molar-refractivity contribution is -0.274. The largest absolute Gasteiger partial charge is 0.573 e. The Morgan fingerprint density at radius 2 is 1.34 bits per heavy atom. The Balaban J connectivity index is 1.49. The van der Waals surface area contributed by atoms with Gasteiger partial charge < -0.3 is 4.74 Å². The first-order chi connectivity index (χ1) is 13.9. The van der Waals surface area contributed by atoms with Gasteiger partial charge in [-0.2, -0.15) is 0 Å². The number of rotatable bonds is 5. The smallest absolute Gasteiger partial charge is 0.406 e. The van der Waals surface area contributed by atoms with Gasteiger partial charge in [-0.15, -0.1) is 13.2 Å². The second-order valence-electron chi connectivity index (χ2n) is 7.85. The third kappa shape index (κ3) is 7.16. The van der Waals surface area contributed by atoms with Crippen molar-refractivity contribution in [3.8, 4) is 17.6 Å². The van der Waals surface area contributed by atoms with E-state index in [1.807, 2.05) is 12.1 Å². The van der Waals surface area contributed by atoms with Gasteiger partial charge in [-0.05, 0) is 66.6 Å². The third-order valence-electron chi connectivity index (χ3n) is 5.78. The quantitative estimate of drug-likeness (QED) is 0.485. The highest BCUT2D eigenvalue weighted by molar-refractivity contribution is 5.44. The number of ether oxygens (including phenoxy) is 1. The van der Waals surface area contributed by atoms with Crippen molar-refractivity contribution >= 4 is 0 Å². The van der Waals surface area contributed by atoms with Crippen LogP contribution in [-0.2, 0) is 6.42 Å². The molecular formula is C25H27F3O. The molecule has 1 aliphatic rings. The fraction of sp³-hybridized carbons (Fsp3) is 0.440. The molecule has 2 aromatic carbocycles. The van der Waals surface area contributed by atoms with Crippen molar-refractivity contribution in [2.45, 2.75) is 58.2 Å². The van der Waals surface area contributed by atoms with Crippen LogP contribution in [0.15, 0.2) is 48.5 Å². The Labute approximate surface area is 171 Å². The monoisotopic (exact) mass is 400 g/mol. The lowest BCUT2D eigenvalue weighted by Crippen LogP contribution is -2.16. The minimum Gasteiger partial charge on any atom is -0.406 e. The summed E-state index contributed by atoms with van der Waals surface area (Å²) in [4.78, 5) is 0. The van der Waals surface area contributed by atoms with E-state index >= 15 is 0 Å². The van der Waals surface area contributed by atoms with Crippen molar-refractivity contribution in [2.75, 3.05) is 0 Å². The molecule has 0 atom stereocenters. The predicted octanol–water partition coefficient (Wildman–Crippen LogP) is 7.13. The molecule has 0 aliphatic heterocycles. The Morgan fingerprint density at radius 3 is 1.86 bits per heavy atom. The summed E-state index contributed by atoms with van der Waals surface area (Å²) in [6.45, 7) is 2.30. The molecule has 0 unspecified atom stereocenters. The van der Waals surface area contributed by atoms with Gasteiger partial charge in [0, 0.05) is 11.1 Å². The zero-order chi connectivity index (χ0) is 20.7. The predicted molar refractivity (Wildman–Crippen MR) is 110 cm³/mol. The highest BCUT2D eigenvalue weighted by atomic mass is 19.4. The molecule has 1 saturated carbocycles. The summed E-state index contributed by atoms with van der Waals surface area (Å²) in [5.41, 5.74) is 2.88. The molecule has 0 saturated heterocycles. The van der Waals surface area contributed by atoms with Gasteiger partial charge in [-0.25, -0.2) is 0 Å². The molecule has 0 spiro atoms. The first-order valence-electron chi connectivity index (χ1n) is 10.4.